The molecular formula is C20H17ClN8S. The van der Waals surface area contributed by atoms with Crippen LogP contribution in [0.4, 0.5) is 11.6 Å². The maximum atomic E-state index is 9.52. The van der Waals surface area contributed by atoms with Crippen molar-refractivity contribution in [2.24, 2.45) is 0 Å². The molecule has 10 heteroatoms. The van der Waals surface area contributed by atoms with Gasteiger partial charge in [-0.2, -0.15) is 10.4 Å². The molecule has 0 spiro atoms. The number of anilines is 2. The number of rotatable bonds is 4. The number of thiol groups is 1. The number of fused-ring (bicyclic) bond motifs is 1. The Morgan fingerprint density at radius 3 is 2.70 bits per heavy atom. The fourth-order valence-corrected chi connectivity index (χ4v) is 3.61. The highest BCUT2D eigenvalue weighted by molar-refractivity contribution is 7.81. The number of nitrogen functional groups attached to an aromatic ring is 1. The average molecular weight is 437 g/mol. The zero-order valence-corrected chi connectivity index (χ0v) is 17.8. The summed E-state index contributed by atoms with van der Waals surface area (Å²) in [6, 6.07) is 13.6. The van der Waals surface area contributed by atoms with Gasteiger partial charge >= 0.3 is 0 Å². The molecule has 30 heavy (non-hydrogen) atoms. The second kappa shape index (κ2) is 7.48. The molecule has 3 N–H and O–H groups in total. The van der Waals surface area contributed by atoms with Crippen molar-refractivity contribution in [3.63, 3.8) is 0 Å². The van der Waals surface area contributed by atoms with Crippen molar-refractivity contribution in [1.82, 2.24) is 24.6 Å². The lowest BCUT2D eigenvalue weighted by Gasteiger charge is -2.29. The van der Waals surface area contributed by atoms with E-state index < -0.39 is 4.87 Å². The number of aromatic nitrogens is 5. The molecule has 150 valence electrons. The van der Waals surface area contributed by atoms with Crippen LogP contribution in [-0.2, 0) is 4.87 Å². The molecule has 0 aliphatic heterocycles. The Labute approximate surface area is 183 Å². The summed E-state index contributed by atoms with van der Waals surface area (Å²) in [5, 5.41) is 17.8. The van der Waals surface area contributed by atoms with Gasteiger partial charge in [-0.25, -0.2) is 19.5 Å². The van der Waals surface area contributed by atoms with E-state index in [1.165, 1.54) is 6.20 Å². The molecule has 0 aliphatic carbocycles. The van der Waals surface area contributed by atoms with E-state index in [1.807, 2.05) is 49.4 Å². The van der Waals surface area contributed by atoms with Crippen molar-refractivity contribution < 1.29 is 0 Å². The summed E-state index contributed by atoms with van der Waals surface area (Å²) < 4.78 is 1.56. The minimum Gasteiger partial charge on any atom is -0.382 e. The predicted octanol–water partition coefficient (Wildman–Crippen LogP) is 3.82. The van der Waals surface area contributed by atoms with Gasteiger partial charge in [0.1, 0.15) is 28.1 Å². The number of hydrogen-bond donors (Lipinski definition) is 3. The number of nitrogens with two attached hydrogens (primary N) is 1. The third-order valence-electron chi connectivity index (χ3n) is 4.55. The van der Waals surface area contributed by atoms with Crippen LogP contribution in [0.15, 0.2) is 42.6 Å². The number of nitrogens with one attached hydrogen (secondary N) is 1. The monoisotopic (exact) mass is 436 g/mol. The van der Waals surface area contributed by atoms with Gasteiger partial charge in [0.2, 0.25) is 0 Å². The fourth-order valence-electron chi connectivity index (χ4n) is 3.16. The molecule has 3 heterocycles. The topological polar surface area (TPSA) is 118 Å². The minimum absolute atomic E-state index is 0.105. The maximum absolute atomic E-state index is 9.52. The number of benzene rings is 1. The molecule has 0 amide bonds. The molecule has 1 atom stereocenters. The number of aryl methyl sites for hydroxylation is 1. The van der Waals surface area contributed by atoms with E-state index in [-0.39, 0.29) is 11.4 Å². The molecule has 3 aromatic heterocycles. The summed E-state index contributed by atoms with van der Waals surface area (Å²) in [4.78, 5) is 11.7. The number of imidazole rings is 1. The fraction of sp³-hybridized carbons (Fsp3) is 0.150. The first-order chi connectivity index (χ1) is 14.3. The van der Waals surface area contributed by atoms with Crippen LogP contribution < -0.4 is 11.1 Å². The van der Waals surface area contributed by atoms with Crippen molar-refractivity contribution in [1.29, 1.82) is 5.26 Å². The van der Waals surface area contributed by atoms with Gasteiger partial charge in [-0.3, -0.25) is 0 Å². The van der Waals surface area contributed by atoms with E-state index in [0.29, 0.717) is 28.1 Å². The van der Waals surface area contributed by atoms with Crippen molar-refractivity contribution in [2.75, 3.05) is 11.1 Å². The molecular weight excluding hydrogens is 420 g/mol. The van der Waals surface area contributed by atoms with E-state index in [4.69, 9.17) is 35.1 Å². The largest absolute Gasteiger partial charge is 0.382 e. The van der Waals surface area contributed by atoms with Gasteiger partial charge < -0.3 is 11.1 Å². The lowest BCUT2D eigenvalue weighted by Crippen LogP contribution is -2.28. The van der Waals surface area contributed by atoms with E-state index >= 15 is 0 Å². The summed E-state index contributed by atoms with van der Waals surface area (Å²) in [7, 11) is 0. The van der Waals surface area contributed by atoms with Gasteiger partial charge in [-0.15, -0.1) is 12.6 Å². The number of hydrogen-bond acceptors (Lipinski definition) is 8. The van der Waals surface area contributed by atoms with Gasteiger partial charge in [0, 0.05) is 11.1 Å². The zero-order chi connectivity index (χ0) is 21.5. The average Bonchev–Trinajstić information content (AvgIpc) is 3.07. The first-order valence-electron chi connectivity index (χ1n) is 8.95. The highest BCUT2D eigenvalue weighted by atomic mass is 35.5. The second-order valence-corrected chi connectivity index (χ2v) is 8.09. The molecule has 4 aromatic rings. The number of nitrogens with zero attached hydrogens (tertiary/aromatic N) is 6. The summed E-state index contributed by atoms with van der Waals surface area (Å²) in [6.07, 6.45) is 1.54. The van der Waals surface area contributed by atoms with Crippen LogP contribution in [-0.4, -0.2) is 24.6 Å². The smallest absolute Gasteiger partial charge is 0.155 e. The molecule has 0 radical (unpaired) electrons. The molecule has 8 nitrogen and oxygen atoms in total. The van der Waals surface area contributed by atoms with Crippen LogP contribution in [0.3, 0.4) is 0 Å². The van der Waals surface area contributed by atoms with E-state index in [2.05, 4.69) is 20.3 Å². The van der Waals surface area contributed by atoms with Crippen molar-refractivity contribution in [3.8, 4) is 17.3 Å². The Bertz CT molecular complexity index is 1290. The minimum atomic E-state index is -0.989. The first-order valence-corrected chi connectivity index (χ1v) is 9.77. The molecule has 4 rings (SSSR count). The van der Waals surface area contributed by atoms with Crippen LogP contribution in [0, 0.1) is 18.3 Å². The Balaban J connectivity index is 1.91. The predicted molar refractivity (Wildman–Crippen MR) is 119 cm³/mol. The van der Waals surface area contributed by atoms with E-state index in [0.717, 1.165) is 11.1 Å². The van der Waals surface area contributed by atoms with E-state index in [9.17, 15) is 5.26 Å². The first kappa shape index (κ1) is 19.9. The van der Waals surface area contributed by atoms with Crippen LogP contribution in [0.1, 0.15) is 23.9 Å². The summed E-state index contributed by atoms with van der Waals surface area (Å²) in [6.45, 7) is 3.55. The molecule has 0 unspecified atom stereocenters. The normalized spacial score (nSPS) is 13.0. The van der Waals surface area contributed by atoms with Crippen molar-refractivity contribution >= 4 is 41.5 Å². The molecule has 0 saturated carbocycles. The SMILES string of the molecule is Cc1nc(N)c(C#N)c(N[C@@](C)(S)c2cc3ncc(Cl)n3nc2-c2ccccc2)n1. The molecule has 0 bridgehead atoms. The number of halogens is 1. The summed E-state index contributed by atoms with van der Waals surface area (Å²) in [5.74, 6) is 0.837. The van der Waals surface area contributed by atoms with Gasteiger partial charge in [0.05, 0.1) is 11.9 Å². The number of nitriles is 1. The standard InChI is InChI=1S/C20H17ClN8S/c1-11-25-18(23)13(9-22)19(26-11)27-20(2,30)14-8-16-24-10-15(21)29(16)28-17(14)12-6-4-3-5-7-12/h3-8,10,30H,1-2H3,(H3,23,25,26,27)/t20-/m0/s1. The van der Waals surface area contributed by atoms with Crippen molar-refractivity contribution in [2.45, 2.75) is 18.7 Å². The molecule has 1 aromatic carbocycles. The van der Waals surface area contributed by atoms with Gasteiger partial charge in [-0.05, 0) is 19.9 Å². The molecule has 0 saturated heterocycles. The van der Waals surface area contributed by atoms with Gasteiger partial charge in [0.15, 0.2) is 16.6 Å². The Kier molecular flexibility index (Phi) is 4.97. The maximum Gasteiger partial charge on any atom is 0.155 e. The zero-order valence-electron chi connectivity index (χ0n) is 16.1. The Morgan fingerprint density at radius 1 is 1.27 bits per heavy atom. The van der Waals surface area contributed by atoms with Crippen LogP contribution in [0.2, 0.25) is 5.15 Å². The summed E-state index contributed by atoms with van der Waals surface area (Å²) >= 11 is 11.1. The molecule has 0 fully saturated rings. The van der Waals surface area contributed by atoms with Crippen molar-refractivity contribution in [3.05, 3.63) is 64.7 Å². The third-order valence-corrected chi connectivity index (χ3v) is 5.16. The van der Waals surface area contributed by atoms with Gasteiger partial charge in [0.25, 0.3) is 0 Å². The van der Waals surface area contributed by atoms with Gasteiger partial charge in [-0.1, -0.05) is 41.9 Å². The van der Waals surface area contributed by atoms with E-state index in [1.54, 1.807) is 11.4 Å². The highest BCUT2D eigenvalue weighted by Crippen LogP contribution is 2.37. The third kappa shape index (κ3) is 3.51. The van der Waals surface area contributed by atoms with Crippen LogP contribution in [0.25, 0.3) is 16.9 Å². The second-order valence-electron chi connectivity index (χ2n) is 6.81. The summed E-state index contributed by atoms with van der Waals surface area (Å²) in [5.41, 5.74) is 8.89. The Hall–Kier alpha value is -3.35. The van der Waals surface area contributed by atoms with Crippen LogP contribution >= 0.6 is 24.2 Å². The lowest BCUT2D eigenvalue weighted by atomic mass is 10.0. The molecule has 0 aliphatic rings. The highest BCUT2D eigenvalue weighted by Gasteiger charge is 2.30. The van der Waals surface area contributed by atoms with Crippen LogP contribution in [0.5, 0.6) is 0 Å². The quantitative estimate of drug-likeness (QED) is 0.328. The Morgan fingerprint density at radius 2 is 2.00 bits per heavy atom. The lowest BCUT2D eigenvalue weighted by molar-refractivity contribution is 0.782.